The van der Waals surface area contributed by atoms with Gasteiger partial charge in [0.2, 0.25) is 0 Å². The highest BCUT2D eigenvalue weighted by Crippen LogP contribution is 2.32. The molecular weight excluding hydrogens is 410 g/mol. The number of hydroxylamine groups is 2. The average Bonchev–Trinajstić information content (AvgIpc) is 3.41. The molecule has 1 atom stereocenters. The minimum Gasteiger partial charge on any atom is -0.375 e. The van der Waals surface area contributed by atoms with Crippen LogP contribution in [0.2, 0.25) is 0 Å². The number of thiazole rings is 1. The first-order chi connectivity index (χ1) is 15.1. The van der Waals surface area contributed by atoms with Crippen LogP contribution in [0.3, 0.4) is 0 Å². The quantitative estimate of drug-likeness (QED) is 0.467. The molecule has 1 saturated heterocycles. The number of fused-ring (bicyclic) bond motifs is 1. The molecular formula is C23H21N5O2S. The Kier molecular flexibility index (Phi) is 5.01. The number of carbonyl (C=O) groups excluding carboxylic acids is 1. The third kappa shape index (κ3) is 3.83. The normalized spacial score (nSPS) is 16.0. The van der Waals surface area contributed by atoms with E-state index >= 15 is 0 Å². The van der Waals surface area contributed by atoms with Gasteiger partial charge in [-0.15, -0.1) is 0 Å². The maximum Gasteiger partial charge on any atom is 0.346 e. The Bertz CT molecular complexity index is 1260. The van der Waals surface area contributed by atoms with E-state index in [1.54, 1.807) is 0 Å². The number of benzene rings is 2. The summed E-state index contributed by atoms with van der Waals surface area (Å²) in [6, 6.07) is 19.2. The van der Waals surface area contributed by atoms with Crippen LogP contribution >= 0.6 is 11.3 Å². The van der Waals surface area contributed by atoms with E-state index in [-0.39, 0.29) is 12.1 Å². The minimum atomic E-state index is -0.287. The van der Waals surface area contributed by atoms with E-state index in [0.29, 0.717) is 11.7 Å². The van der Waals surface area contributed by atoms with Gasteiger partial charge in [-0.1, -0.05) is 53.8 Å². The summed E-state index contributed by atoms with van der Waals surface area (Å²) >= 11 is 1.36. The van der Waals surface area contributed by atoms with Crippen molar-refractivity contribution in [2.24, 2.45) is 0 Å². The van der Waals surface area contributed by atoms with Crippen molar-refractivity contribution in [3.05, 3.63) is 71.8 Å². The van der Waals surface area contributed by atoms with Gasteiger partial charge in [-0.05, 0) is 36.2 Å². The van der Waals surface area contributed by atoms with Crippen LogP contribution < -0.4 is 11.1 Å². The van der Waals surface area contributed by atoms with Crippen molar-refractivity contribution in [2.75, 3.05) is 17.7 Å². The first-order valence-electron chi connectivity index (χ1n) is 10.0. The van der Waals surface area contributed by atoms with Crippen LogP contribution in [0, 0.1) is 6.92 Å². The van der Waals surface area contributed by atoms with Crippen LogP contribution in [-0.2, 0) is 4.84 Å². The lowest BCUT2D eigenvalue weighted by Gasteiger charge is -2.23. The smallest absolute Gasteiger partial charge is 0.346 e. The van der Waals surface area contributed by atoms with Crippen molar-refractivity contribution in [3.8, 4) is 11.3 Å². The van der Waals surface area contributed by atoms with Crippen LogP contribution in [0.4, 0.5) is 15.6 Å². The molecule has 4 aromatic rings. The number of amides is 2. The number of urea groups is 1. The summed E-state index contributed by atoms with van der Waals surface area (Å²) in [5, 5.41) is 4.94. The van der Waals surface area contributed by atoms with Crippen LogP contribution in [0.15, 0.2) is 60.7 Å². The van der Waals surface area contributed by atoms with E-state index in [1.807, 2.05) is 67.6 Å². The third-order valence-corrected chi connectivity index (χ3v) is 6.13. The molecule has 3 heterocycles. The molecule has 5 rings (SSSR count). The van der Waals surface area contributed by atoms with E-state index < -0.39 is 0 Å². The fraction of sp³-hybridized carbons (Fsp3) is 0.174. The number of hydrogen-bond donors (Lipinski definition) is 2. The molecule has 1 unspecified atom stereocenters. The predicted octanol–water partition coefficient (Wildman–Crippen LogP) is 5.16. The molecule has 1 fully saturated rings. The number of anilines is 2. The van der Waals surface area contributed by atoms with Crippen molar-refractivity contribution in [3.63, 3.8) is 0 Å². The fourth-order valence-corrected chi connectivity index (χ4v) is 4.43. The minimum absolute atomic E-state index is 0.106. The number of aromatic nitrogens is 2. The Hall–Kier alpha value is -3.49. The molecule has 3 N–H and O–H groups in total. The van der Waals surface area contributed by atoms with Gasteiger partial charge in [-0.2, -0.15) is 5.06 Å². The molecule has 7 nitrogen and oxygen atoms in total. The number of nitrogens with one attached hydrogen (secondary N) is 1. The SMILES string of the molecule is Cc1ccc(-c2ccc3nc(N)sc3n2)cc1NC(=O)N1OCCC1c1ccccc1. The number of rotatable bonds is 3. The Morgan fingerprint density at radius 2 is 2.00 bits per heavy atom. The van der Waals surface area contributed by atoms with Gasteiger partial charge in [-0.3, -0.25) is 4.84 Å². The maximum atomic E-state index is 13.0. The van der Waals surface area contributed by atoms with Crippen molar-refractivity contribution < 1.29 is 9.63 Å². The van der Waals surface area contributed by atoms with Crippen LogP contribution in [0.5, 0.6) is 0 Å². The molecule has 0 saturated carbocycles. The first kappa shape index (κ1) is 19.5. The molecule has 0 spiro atoms. The highest BCUT2D eigenvalue weighted by Gasteiger charge is 2.32. The molecule has 0 radical (unpaired) electrons. The molecule has 2 amide bonds. The molecule has 8 heteroatoms. The lowest BCUT2D eigenvalue weighted by atomic mass is 10.0. The summed E-state index contributed by atoms with van der Waals surface area (Å²) in [6.45, 7) is 2.47. The van der Waals surface area contributed by atoms with Gasteiger partial charge in [0.25, 0.3) is 0 Å². The van der Waals surface area contributed by atoms with E-state index in [9.17, 15) is 4.79 Å². The molecule has 0 aliphatic carbocycles. The Labute approximate surface area is 183 Å². The lowest BCUT2D eigenvalue weighted by Crippen LogP contribution is -2.33. The van der Waals surface area contributed by atoms with Crippen LogP contribution in [0.25, 0.3) is 21.6 Å². The van der Waals surface area contributed by atoms with Gasteiger partial charge in [-0.25, -0.2) is 14.8 Å². The molecule has 156 valence electrons. The second-order valence-corrected chi connectivity index (χ2v) is 8.42. The fourth-order valence-electron chi connectivity index (χ4n) is 3.73. The monoisotopic (exact) mass is 431 g/mol. The summed E-state index contributed by atoms with van der Waals surface area (Å²) in [5.74, 6) is 0. The van der Waals surface area contributed by atoms with Gasteiger partial charge >= 0.3 is 6.03 Å². The number of carbonyl (C=O) groups is 1. The van der Waals surface area contributed by atoms with Crippen molar-refractivity contribution in [1.29, 1.82) is 0 Å². The van der Waals surface area contributed by atoms with Crippen molar-refractivity contribution in [1.82, 2.24) is 15.0 Å². The molecule has 2 aromatic carbocycles. The van der Waals surface area contributed by atoms with E-state index in [2.05, 4.69) is 15.3 Å². The second kappa shape index (κ2) is 7.98. The zero-order valence-corrected chi connectivity index (χ0v) is 17.7. The maximum absolute atomic E-state index is 13.0. The molecule has 31 heavy (non-hydrogen) atoms. The Morgan fingerprint density at radius 3 is 2.84 bits per heavy atom. The standard InChI is InChI=1S/C23H21N5O2S/c1-14-7-8-16(17-9-10-18-21(25-17)31-22(24)26-18)13-19(14)27-23(29)28-20(11-12-30-28)15-5-3-2-4-6-15/h2-10,13,20H,11-12H2,1H3,(H2,24,26)(H,27,29). The first-order valence-corrected chi connectivity index (χ1v) is 10.8. The molecule has 0 bridgehead atoms. The van der Waals surface area contributed by atoms with Crippen molar-refractivity contribution >= 4 is 38.5 Å². The topological polar surface area (TPSA) is 93.4 Å². The second-order valence-electron chi connectivity index (χ2n) is 7.41. The number of nitrogens with two attached hydrogens (primary N) is 1. The van der Waals surface area contributed by atoms with Crippen LogP contribution in [-0.4, -0.2) is 27.7 Å². The average molecular weight is 432 g/mol. The van der Waals surface area contributed by atoms with Gasteiger partial charge in [0.05, 0.1) is 18.3 Å². The number of nitrogens with zero attached hydrogens (tertiary/aromatic N) is 3. The molecule has 2 aromatic heterocycles. The zero-order valence-electron chi connectivity index (χ0n) is 16.9. The Morgan fingerprint density at radius 1 is 1.16 bits per heavy atom. The van der Waals surface area contributed by atoms with Gasteiger partial charge in [0.15, 0.2) is 5.13 Å². The van der Waals surface area contributed by atoms with E-state index in [4.69, 9.17) is 10.6 Å². The van der Waals surface area contributed by atoms with E-state index in [0.717, 1.165) is 44.8 Å². The summed E-state index contributed by atoms with van der Waals surface area (Å²) in [4.78, 5) is 28.4. The van der Waals surface area contributed by atoms with E-state index in [1.165, 1.54) is 16.4 Å². The predicted molar refractivity (Wildman–Crippen MR) is 123 cm³/mol. The summed E-state index contributed by atoms with van der Waals surface area (Å²) in [5.41, 5.74) is 11.0. The lowest BCUT2D eigenvalue weighted by molar-refractivity contribution is -0.0829. The Balaban J connectivity index is 1.40. The molecule has 1 aliphatic rings. The summed E-state index contributed by atoms with van der Waals surface area (Å²) < 4.78 is 0. The van der Waals surface area contributed by atoms with Crippen LogP contribution in [0.1, 0.15) is 23.6 Å². The highest BCUT2D eigenvalue weighted by atomic mass is 32.1. The van der Waals surface area contributed by atoms with Gasteiger partial charge < -0.3 is 11.1 Å². The molecule has 1 aliphatic heterocycles. The number of nitrogen functional groups attached to an aromatic ring is 1. The largest absolute Gasteiger partial charge is 0.375 e. The summed E-state index contributed by atoms with van der Waals surface area (Å²) in [7, 11) is 0. The zero-order chi connectivity index (χ0) is 21.4. The highest BCUT2D eigenvalue weighted by molar-refractivity contribution is 7.21. The number of aryl methyl sites for hydroxylation is 1. The van der Waals surface area contributed by atoms with Crippen molar-refractivity contribution in [2.45, 2.75) is 19.4 Å². The van der Waals surface area contributed by atoms with Gasteiger partial charge in [0.1, 0.15) is 10.3 Å². The third-order valence-electron chi connectivity index (χ3n) is 5.34. The summed E-state index contributed by atoms with van der Waals surface area (Å²) in [6.07, 6.45) is 0.762. The number of hydrogen-bond acceptors (Lipinski definition) is 6. The van der Waals surface area contributed by atoms with Gasteiger partial charge in [0, 0.05) is 17.7 Å². The number of pyridine rings is 1.